The van der Waals surface area contributed by atoms with E-state index in [1.165, 1.54) is 38.5 Å². The number of unbranched alkanes of at least 4 members (excludes halogenated alkanes) is 7. The number of hydroxylamine groups is 1. The molecule has 0 aromatic heterocycles. The third-order valence-corrected chi connectivity index (χ3v) is 3.53. The molecule has 0 saturated carbocycles. The Balaban J connectivity index is 1.90. The lowest BCUT2D eigenvalue weighted by atomic mass is 10.1. The Labute approximate surface area is 129 Å². The summed E-state index contributed by atoms with van der Waals surface area (Å²) < 4.78 is 0. The molecular formula is C18H29NO2. The Bertz CT molecular complexity index is 365. The van der Waals surface area contributed by atoms with Gasteiger partial charge in [-0.3, -0.25) is 9.63 Å². The Hall–Kier alpha value is -1.35. The second-order valence-electron chi connectivity index (χ2n) is 5.52. The van der Waals surface area contributed by atoms with Crippen molar-refractivity contribution in [2.75, 3.05) is 0 Å². The van der Waals surface area contributed by atoms with Gasteiger partial charge in [0.05, 0.1) is 6.61 Å². The van der Waals surface area contributed by atoms with E-state index < -0.39 is 0 Å². The zero-order valence-corrected chi connectivity index (χ0v) is 13.3. The van der Waals surface area contributed by atoms with Crippen LogP contribution in [-0.2, 0) is 16.2 Å². The van der Waals surface area contributed by atoms with Crippen LogP contribution >= 0.6 is 0 Å². The summed E-state index contributed by atoms with van der Waals surface area (Å²) in [6.45, 7) is 2.66. The maximum atomic E-state index is 11.6. The average molecular weight is 291 g/mol. The minimum Gasteiger partial charge on any atom is -0.273 e. The van der Waals surface area contributed by atoms with Gasteiger partial charge in [0.2, 0.25) is 5.91 Å². The summed E-state index contributed by atoms with van der Waals surface area (Å²) in [6.07, 6.45) is 10.5. The van der Waals surface area contributed by atoms with Gasteiger partial charge in [-0.05, 0) is 12.0 Å². The maximum Gasteiger partial charge on any atom is 0.243 e. The highest BCUT2D eigenvalue weighted by Crippen LogP contribution is 2.09. The highest BCUT2D eigenvalue weighted by atomic mass is 16.6. The van der Waals surface area contributed by atoms with Crippen LogP contribution in [0.1, 0.15) is 70.3 Å². The molecule has 0 spiro atoms. The van der Waals surface area contributed by atoms with Gasteiger partial charge in [-0.2, -0.15) is 0 Å². The number of benzene rings is 1. The molecule has 0 heterocycles. The zero-order chi connectivity index (χ0) is 15.2. The number of rotatable bonds is 12. The summed E-state index contributed by atoms with van der Waals surface area (Å²) in [7, 11) is 0. The van der Waals surface area contributed by atoms with Crippen LogP contribution in [0, 0.1) is 0 Å². The summed E-state index contributed by atoms with van der Waals surface area (Å²) in [5.74, 6) is -0.0167. The van der Waals surface area contributed by atoms with Gasteiger partial charge in [0, 0.05) is 6.42 Å². The standard InChI is InChI=1S/C18H29NO2/c1-2-3-4-5-6-7-8-12-15-18(20)19-21-16-17-13-10-9-11-14-17/h9-11,13-14H,2-8,12,15-16H2,1H3,(H,19,20). The van der Waals surface area contributed by atoms with E-state index in [9.17, 15) is 4.79 Å². The first-order valence-electron chi connectivity index (χ1n) is 8.27. The second-order valence-corrected chi connectivity index (χ2v) is 5.52. The lowest BCUT2D eigenvalue weighted by molar-refractivity contribution is -0.134. The molecule has 0 aliphatic heterocycles. The van der Waals surface area contributed by atoms with Crippen molar-refractivity contribution in [2.45, 2.75) is 71.3 Å². The fraction of sp³-hybridized carbons (Fsp3) is 0.611. The van der Waals surface area contributed by atoms with Crippen molar-refractivity contribution in [3.63, 3.8) is 0 Å². The highest BCUT2D eigenvalue weighted by Gasteiger charge is 2.01. The summed E-state index contributed by atoms with van der Waals surface area (Å²) in [5.41, 5.74) is 3.57. The summed E-state index contributed by atoms with van der Waals surface area (Å²) in [6, 6.07) is 9.84. The fourth-order valence-corrected chi connectivity index (χ4v) is 2.24. The van der Waals surface area contributed by atoms with E-state index in [2.05, 4.69) is 12.4 Å². The quantitative estimate of drug-likeness (QED) is 0.445. The molecule has 0 atom stereocenters. The molecule has 1 aromatic carbocycles. The van der Waals surface area contributed by atoms with Crippen LogP contribution in [0.4, 0.5) is 0 Å². The van der Waals surface area contributed by atoms with Crippen LogP contribution in [0.2, 0.25) is 0 Å². The van der Waals surface area contributed by atoms with Crippen LogP contribution in [0.25, 0.3) is 0 Å². The molecule has 1 amide bonds. The molecule has 0 aliphatic carbocycles. The van der Waals surface area contributed by atoms with Gasteiger partial charge in [-0.25, -0.2) is 5.48 Å². The number of hydrogen-bond donors (Lipinski definition) is 1. The monoisotopic (exact) mass is 291 g/mol. The van der Waals surface area contributed by atoms with Crippen LogP contribution in [0.15, 0.2) is 30.3 Å². The average Bonchev–Trinajstić information content (AvgIpc) is 2.51. The van der Waals surface area contributed by atoms with Gasteiger partial charge in [0.15, 0.2) is 0 Å². The molecule has 1 rings (SSSR count). The van der Waals surface area contributed by atoms with E-state index in [0.29, 0.717) is 13.0 Å². The second kappa shape index (κ2) is 12.4. The zero-order valence-electron chi connectivity index (χ0n) is 13.3. The lowest BCUT2D eigenvalue weighted by Gasteiger charge is -2.06. The smallest absolute Gasteiger partial charge is 0.243 e. The van der Waals surface area contributed by atoms with E-state index in [0.717, 1.165) is 18.4 Å². The van der Waals surface area contributed by atoms with Crippen LogP contribution in [0.3, 0.4) is 0 Å². The van der Waals surface area contributed by atoms with Crippen molar-refractivity contribution in [1.29, 1.82) is 0 Å². The van der Waals surface area contributed by atoms with Gasteiger partial charge < -0.3 is 0 Å². The summed E-state index contributed by atoms with van der Waals surface area (Å²) in [5, 5.41) is 0. The lowest BCUT2D eigenvalue weighted by Crippen LogP contribution is -2.23. The molecule has 0 saturated heterocycles. The summed E-state index contributed by atoms with van der Waals surface area (Å²) >= 11 is 0. The molecule has 0 unspecified atom stereocenters. The number of carbonyl (C=O) groups excluding carboxylic acids is 1. The Kier molecular flexibility index (Phi) is 10.4. The Morgan fingerprint density at radius 1 is 0.952 bits per heavy atom. The number of amides is 1. The first-order chi connectivity index (χ1) is 10.3. The van der Waals surface area contributed by atoms with Crippen molar-refractivity contribution < 1.29 is 9.63 Å². The molecule has 118 valence electrons. The van der Waals surface area contributed by atoms with E-state index >= 15 is 0 Å². The third-order valence-electron chi connectivity index (χ3n) is 3.53. The van der Waals surface area contributed by atoms with Crippen molar-refractivity contribution >= 4 is 5.91 Å². The molecule has 1 N–H and O–H groups in total. The minimum atomic E-state index is -0.0167. The Morgan fingerprint density at radius 3 is 2.24 bits per heavy atom. The SMILES string of the molecule is CCCCCCCCCCC(=O)NOCc1ccccc1. The van der Waals surface area contributed by atoms with E-state index in [-0.39, 0.29) is 5.91 Å². The molecule has 1 aromatic rings. The predicted molar refractivity (Wildman–Crippen MR) is 86.6 cm³/mol. The highest BCUT2D eigenvalue weighted by molar-refractivity contribution is 5.74. The number of carbonyl (C=O) groups is 1. The first-order valence-corrected chi connectivity index (χ1v) is 8.27. The molecular weight excluding hydrogens is 262 g/mol. The number of nitrogens with one attached hydrogen (secondary N) is 1. The van der Waals surface area contributed by atoms with Gasteiger partial charge in [-0.15, -0.1) is 0 Å². The van der Waals surface area contributed by atoms with Crippen molar-refractivity contribution in [3.05, 3.63) is 35.9 Å². The van der Waals surface area contributed by atoms with E-state index in [4.69, 9.17) is 4.84 Å². The molecule has 0 aliphatic rings. The van der Waals surface area contributed by atoms with Gasteiger partial charge in [0.25, 0.3) is 0 Å². The summed E-state index contributed by atoms with van der Waals surface area (Å²) in [4.78, 5) is 16.8. The molecule has 0 bridgehead atoms. The molecule has 3 nitrogen and oxygen atoms in total. The van der Waals surface area contributed by atoms with Gasteiger partial charge in [-0.1, -0.05) is 82.2 Å². The third kappa shape index (κ3) is 10.1. The van der Waals surface area contributed by atoms with Gasteiger partial charge >= 0.3 is 0 Å². The van der Waals surface area contributed by atoms with Crippen molar-refractivity contribution in [3.8, 4) is 0 Å². The fourth-order valence-electron chi connectivity index (χ4n) is 2.24. The van der Waals surface area contributed by atoms with Crippen LogP contribution in [-0.4, -0.2) is 5.91 Å². The molecule has 21 heavy (non-hydrogen) atoms. The molecule has 0 fully saturated rings. The van der Waals surface area contributed by atoms with E-state index in [1.54, 1.807) is 0 Å². The first kappa shape index (κ1) is 17.7. The predicted octanol–water partition coefficient (Wildman–Crippen LogP) is 4.77. The minimum absolute atomic E-state index is 0.0167. The maximum absolute atomic E-state index is 11.6. The molecule has 0 radical (unpaired) electrons. The van der Waals surface area contributed by atoms with Crippen LogP contribution in [0.5, 0.6) is 0 Å². The molecule has 3 heteroatoms. The van der Waals surface area contributed by atoms with Crippen molar-refractivity contribution in [1.82, 2.24) is 5.48 Å². The van der Waals surface area contributed by atoms with Crippen LogP contribution < -0.4 is 5.48 Å². The van der Waals surface area contributed by atoms with Gasteiger partial charge in [0.1, 0.15) is 0 Å². The van der Waals surface area contributed by atoms with E-state index in [1.807, 2.05) is 30.3 Å². The van der Waals surface area contributed by atoms with Crippen molar-refractivity contribution in [2.24, 2.45) is 0 Å². The number of hydrogen-bond acceptors (Lipinski definition) is 2. The topological polar surface area (TPSA) is 38.3 Å². The Morgan fingerprint density at radius 2 is 1.57 bits per heavy atom. The largest absolute Gasteiger partial charge is 0.273 e. The normalized spacial score (nSPS) is 10.5.